The van der Waals surface area contributed by atoms with Gasteiger partial charge in [-0.2, -0.15) is 4.37 Å². The number of cyclic esters (lactones) is 1. The third kappa shape index (κ3) is 3.71. The standard InChI is InChI=1S/C21H19N3O4S/c1-11(2)15(9-17-19(25)24-21(26)28-17)14-6-7-16(23-20(14)27-3)12-4-5-13-10-22-29-18(13)8-12/h4-11,15H,1-3H3,(H,24,25,26). The molecule has 0 bridgehead atoms. The summed E-state index contributed by atoms with van der Waals surface area (Å²) in [7, 11) is 1.56. The summed E-state index contributed by atoms with van der Waals surface area (Å²) in [6, 6.07) is 9.94. The summed E-state index contributed by atoms with van der Waals surface area (Å²) in [6.07, 6.45) is 2.73. The monoisotopic (exact) mass is 409 g/mol. The third-order valence-corrected chi connectivity index (χ3v) is 5.55. The van der Waals surface area contributed by atoms with Crippen LogP contribution in [0.5, 0.6) is 5.88 Å². The Morgan fingerprint density at radius 3 is 2.72 bits per heavy atom. The molecule has 4 rings (SSSR count). The van der Waals surface area contributed by atoms with E-state index in [0.29, 0.717) is 5.88 Å². The van der Waals surface area contributed by atoms with Gasteiger partial charge in [-0.1, -0.05) is 32.0 Å². The fraction of sp³-hybridized carbons (Fsp3) is 0.238. The lowest BCUT2D eigenvalue weighted by atomic mass is 9.88. The Kier molecular flexibility index (Phi) is 5.02. The molecule has 1 aromatic carbocycles. The highest BCUT2D eigenvalue weighted by Crippen LogP contribution is 2.35. The number of hydrogen-bond donors (Lipinski definition) is 1. The summed E-state index contributed by atoms with van der Waals surface area (Å²) in [6.45, 7) is 4.03. The third-order valence-electron chi connectivity index (χ3n) is 4.79. The van der Waals surface area contributed by atoms with E-state index in [9.17, 15) is 9.59 Å². The first-order valence-corrected chi connectivity index (χ1v) is 9.88. The predicted octanol–water partition coefficient (Wildman–Crippen LogP) is 4.26. The van der Waals surface area contributed by atoms with E-state index in [2.05, 4.69) is 20.7 Å². The number of rotatable bonds is 5. The number of aromatic nitrogens is 2. The molecule has 0 aliphatic carbocycles. The number of alkyl carbamates (subject to hydrolysis) is 1. The quantitative estimate of drug-likeness (QED) is 0.634. The van der Waals surface area contributed by atoms with Crippen LogP contribution in [0.25, 0.3) is 21.3 Å². The summed E-state index contributed by atoms with van der Waals surface area (Å²) in [5.41, 5.74) is 2.56. The number of amides is 2. The van der Waals surface area contributed by atoms with E-state index in [1.807, 2.05) is 44.3 Å². The fourth-order valence-corrected chi connectivity index (χ4v) is 3.97. The zero-order valence-electron chi connectivity index (χ0n) is 16.1. The van der Waals surface area contributed by atoms with Crippen LogP contribution >= 0.6 is 11.5 Å². The van der Waals surface area contributed by atoms with Crippen LogP contribution in [0, 0.1) is 5.92 Å². The van der Waals surface area contributed by atoms with Crippen LogP contribution in [0.3, 0.4) is 0 Å². The zero-order chi connectivity index (χ0) is 20.5. The van der Waals surface area contributed by atoms with Gasteiger partial charge in [-0.3, -0.25) is 10.1 Å². The highest BCUT2D eigenvalue weighted by atomic mass is 32.1. The van der Waals surface area contributed by atoms with Gasteiger partial charge in [0, 0.05) is 28.6 Å². The maximum atomic E-state index is 11.9. The first-order chi connectivity index (χ1) is 14.0. The molecule has 1 aliphatic heterocycles. The highest BCUT2D eigenvalue weighted by molar-refractivity contribution is 7.13. The number of allylic oxidation sites excluding steroid dienone is 1. The molecule has 148 valence electrons. The second kappa shape index (κ2) is 7.63. The Morgan fingerprint density at radius 1 is 1.21 bits per heavy atom. The van der Waals surface area contributed by atoms with Crippen molar-refractivity contribution in [2.75, 3.05) is 7.11 Å². The molecule has 3 aromatic rings. The Hall–Kier alpha value is -3.26. The number of ether oxygens (including phenoxy) is 2. The molecule has 1 unspecified atom stereocenters. The van der Waals surface area contributed by atoms with Crippen molar-refractivity contribution < 1.29 is 19.1 Å². The largest absolute Gasteiger partial charge is 0.481 e. The van der Waals surface area contributed by atoms with Crippen LogP contribution < -0.4 is 10.1 Å². The van der Waals surface area contributed by atoms with Gasteiger partial charge >= 0.3 is 6.09 Å². The predicted molar refractivity (Wildman–Crippen MR) is 110 cm³/mol. The van der Waals surface area contributed by atoms with Gasteiger partial charge in [0.2, 0.25) is 5.88 Å². The van der Waals surface area contributed by atoms with E-state index in [4.69, 9.17) is 9.47 Å². The first-order valence-electron chi connectivity index (χ1n) is 9.11. The van der Waals surface area contributed by atoms with Crippen LogP contribution in [0.15, 0.2) is 48.4 Å². The lowest BCUT2D eigenvalue weighted by Gasteiger charge is -2.20. The minimum Gasteiger partial charge on any atom is -0.481 e. The van der Waals surface area contributed by atoms with Crippen LogP contribution in [-0.2, 0) is 9.53 Å². The number of nitrogens with one attached hydrogen (secondary N) is 1. The summed E-state index contributed by atoms with van der Waals surface area (Å²) < 4.78 is 15.8. The van der Waals surface area contributed by atoms with Gasteiger partial charge in [0.25, 0.3) is 5.91 Å². The molecule has 1 atom stereocenters. The molecule has 1 aliphatic rings. The number of benzene rings is 1. The van der Waals surface area contributed by atoms with Crippen molar-refractivity contribution in [3.63, 3.8) is 0 Å². The molecule has 2 amide bonds. The second-order valence-corrected chi connectivity index (χ2v) is 7.85. The Balaban J connectivity index is 1.73. The van der Waals surface area contributed by atoms with E-state index in [1.54, 1.807) is 13.2 Å². The number of carbonyl (C=O) groups is 2. The van der Waals surface area contributed by atoms with E-state index in [0.717, 1.165) is 26.9 Å². The molecule has 3 heterocycles. The van der Waals surface area contributed by atoms with Gasteiger partial charge < -0.3 is 9.47 Å². The topological polar surface area (TPSA) is 90.4 Å². The number of nitrogens with zero attached hydrogens (tertiary/aromatic N) is 2. The van der Waals surface area contributed by atoms with Crippen molar-refractivity contribution in [3.8, 4) is 17.1 Å². The van der Waals surface area contributed by atoms with Gasteiger partial charge in [-0.05, 0) is 35.7 Å². The number of carbonyl (C=O) groups excluding carboxylic acids is 2. The second-order valence-electron chi connectivity index (χ2n) is 7.02. The van der Waals surface area contributed by atoms with Gasteiger partial charge in [-0.15, -0.1) is 0 Å². The molecular weight excluding hydrogens is 390 g/mol. The van der Waals surface area contributed by atoms with E-state index >= 15 is 0 Å². The van der Waals surface area contributed by atoms with Crippen molar-refractivity contribution in [2.45, 2.75) is 19.8 Å². The number of fused-ring (bicyclic) bond motifs is 1. The molecular formula is C21H19N3O4S. The van der Waals surface area contributed by atoms with Crippen LogP contribution in [0.4, 0.5) is 4.79 Å². The lowest BCUT2D eigenvalue weighted by molar-refractivity contribution is -0.116. The number of hydrogen-bond acceptors (Lipinski definition) is 7. The SMILES string of the molecule is COc1nc(-c2ccc3cnsc3c2)ccc1C(C=C1OC(=O)NC1=O)C(C)C. The van der Waals surface area contributed by atoms with Crippen LogP contribution in [0.1, 0.15) is 25.3 Å². The summed E-state index contributed by atoms with van der Waals surface area (Å²) in [4.78, 5) is 27.9. The van der Waals surface area contributed by atoms with Crippen molar-refractivity contribution in [1.29, 1.82) is 0 Å². The molecule has 1 fully saturated rings. The summed E-state index contributed by atoms with van der Waals surface area (Å²) >= 11 is 1.44. The van der Waals surface area contributed by atoms with Gasteiger partial charge in [-0.25, -0.2) is 9.78 Å². The minimum atomic E-state index is -0.761. The van der Waals surface area contributed by atoms with Crippen molar-refractivity contribution in [1.82, 2.24) is 14.7 Å². The maximum absolute atomic E-state index is 11.9. The number of methoxy groups -OCH3 is 1. The van der Waals surface area contributed by atoms with Crippen LogP contribution in [0.2, 0.25) is 0 Å². The maximum Gasteiger partial charge on any atom is 0.419 e. The molecule has 29 heavy (non-hydrogen) atoms. The minimum absolute atomic E-state index is 0.00419. The number of imide groups is 1. The van der Waals surface area contributed by atoms with Crippen molar-refractivity contribution in [2.24, 2.45) is 5.92 Å². The number of pyridine rings is 1. The van der Waals surface area contributed by atoms with Crippen molar-refractivity contribution >= 4 is 33.6 Å². The molecule has 0 spiro atoms. The Morgan fingerprint density at radius 2 is 2.03 bits per heavy atom. The Labute approximate surface area is 171 Å². The summed E-state index contributed by atoms with van der Waals surface area (Å²) in [5.74, 6) is -0.184. The molecule has 2 aromatic heterocycles. The molecule has 0 radical (unpaired) electrons. The lowest BCUT2D eigenvalue weighted by Crippen LogP contribution is -2.19. The van der Waals surface area contributed by atoms with E-state index in [-0.39, 0.29) is 17.6 Å². The average Bonchev–Trinajstić information content (AvgIpc) is 3.30. The molecule has 7 nitrogen and oxygen atoms in total. The van der Waals surface area contributed by atoms with Crippen LogP contribution in [-0.4, -0.2) is 28.5 Å². The molecule has 8 heteroatoms. The molecule has 1 N–H and O–H groups in total. The van der Waals surface area contributed by atoms with Gasteiger partial charge in [0.05, 0.1) is 17.5 Å². The van der Waals surface area contributed by atoms with E-state index in [1.165, 1.54) is 11.5 Å². The van der Waals surface area contributed by atoms with Gasteiger partial charge in [0.1, 0.15) is 0 Å². The van der Waals surface area contributed by atoms with Crippen molar-refractivity contribution in [3.05, 3.63) is 53.9 Å². The van der Waals surface area contributed by atoms with Gasteiger partial charge in [0.15, 0.2) is 5.76 Å². The Bertz CT molecular complexity index is 1140. The average molecular weight is 409 g/mol. The normalized spacial score (nSPS) is 16.3. The molecule has 1 saturated heterocycles. The smallest absolute Gasteiger partial charge is 0.419 e. The zero-order valence-corrected chi connectivity index (χ0v) is 16.9. The fourth-order valence-electron chi connectivity index (χ4n) is 3.29. The molecule has 0 saturated carbocycles. The first kappa shape index (κ1) is 19.1. The highest BCUT2D eigenvalue weighted by Gasteiger charge is 2.29. The van der Waals surface area contributed by atoms with E-state index < -0.39 is 12.0 Å². The summed E-state index contributed by atoms with van der Waals surface area (Å²) in [5, 5.41) is 3.21.